The molecule has 0 aromatic rings. The van der Waals surface area contributed by atoms with Crippen molar-refractivity contribution in [3.05, 3.63) is 11.6 Å². The Balaban J connectivity index is 2.34. The van der Waals surface area contributed by atoms with E-state index < -0.39 is 11.7 Å². The highest BCUT2D eigenvalue weighted by molar-refractivity contribution is 5.78. The largest absolute Gasteiger partial charge is 0.412 e. The van der Waals surface area contributed by atoms with E-state index in [1.165, 1.54) is 4.90 Å². The lowest BCUT2D eigenvalue weighted by Crippen LogP contribution is -2.42. The molecule has 0 unspecified atom stereocenters. The number of rotatable bonds is 5. The molecule has 1 heterocycles. The Morgan fingerprint density at radius 1 is 1.56 bits per heavy atom. The summed E-state index contributed by atoms with van der Waals surface area (Å²) < 4.78 is 41.9. The first-order chi connectivity index (χ1) is 8.45. The van der Waals surface area contributed by atoms with Crippen molar-refractivity contribution >= 4 is 5.91 Å². The molecule has 0 spiro atoms. The third kappa shape index (κ3) is 4.66. The number of nitrogens with zero attached hydrogens (tertiary/aromatic N) is 1. The number of amides is 1. The van der Waals surface area contributed by atoms with Gasteiger partial charge in [0.25, 0.3) is 0 Å². The lowest BCUT2D eigenvalue weighted by molar-refractivity contribution is -0.131. The van der Waals surface area contributed by atoms with Crippen molar-refractivity contribution in [3.8, 4) is 0 Å². The van der Waals surface area contributed by atoms with Crippen molar-refractivity contribution in [1.29, 1.82) is 0 Å². The summed E-state index contributed by atoms with van der Waals surface area (Å²) in [6, 6.07) is 0. The molecule has 1 N–H and O–H groups in total. The average Bonchev–Trinajstić information content (AvgIpc) is 2.33. The van der Waals surface area contributed by atoms with Crippen molar-refractivity contribution in [2.45, 2.75) is 12.6 Å². The standard InChI is InChI=1S/C11H17F3N2O2/c1-18-7-4-15-8-10(17)16-5-2-9(3-6-16)11(12,13)14/h2,15H,3-8H2,1H3. The van der Waals surface area contributed by atoms with Gasteiger partial charge in [0.05, 0.1) is 13.2 Å². The number of carbonyl (C=O) groups excluding carboxylic acids is 1. The van der Waals surface area contributed by atoms with E-state index in [0.29, 0.717) is 13.2 Å². The molecule has 4 nitrogen and oxygen atoms in total. The average molecular weight is 266 g/mol. The van der Waals surface area contributed by atoms with E-state index in [-0.39, 0.29) is 32.0 Å². The van der Waals surface area contributed by atoms with Crippen LogP contribution in [0.25, 0.3) is 0 Å². The third-order valence-electron chi connectivity index (χ3n) is 2.69. The molecule has 104 valence electrons. The summed E-state index contributed by atoms with van der Waals surface area (Å²) >= 11 is 0. The Morgan fingerprint density at radius 3 is 2.78 bits per heavy atom. The van der Waals surface area contributed by atoms with Crippen molar-refractivity contribution in [2.24, 2.45) is 0 Å². The van der Waals surface area contributed by atoms with Crippen molar-refractivity contribution in [1.82, 2.24) is 10.2 Å². The summed E-state index contributed by atoms with van der Waals surface area (Å²) in [7, 11) is 1.55. The molecule has 0 aliphatic carbocycles. The highest BCUT2D eigenvalue weighted by Gasteiger charge is 2.35. The molecule has 0 radical (unpaired) electrons. The van der Waals surface area contributed by atoms with Gasteiger partial charge in [-0.05, 0) is 6.42 Å². The maximum absolute atomic E-state index is 12.4. The Bertz CT molecular complexity index is 316. The molecule has 0 fully saturated rings. The number of hydrogen-bond acceptors (Lipinski definition) is 3. The van der Waals surface area contributed by atoms with E-state index in [4.69, 9.17) is 4.74 Å². The molecule has 1 aliphatic heterocycles. The van der Waals surface area contributed by atoms with Gasteiger partial charge in [0.2, 0.25) is 5.91 Å². The number of nitrogens with one attached hydrogen (secondary N) is 1. The van der Waals surface area contributed by atoms with Crippen LogP contribution in [0.4, 0.5) is 13.2 Å². The fraction of sp³-hybridized carbons (Fsp3) is 0.727. The summed E-state index contributed by atoms with van der Waals surface area (Å²) in [6.45, 7) is 1.31. The van der Waals surface area contributed by atoms with Crippen molar-refractivity contribution < 1.29 is 22.7 Å². The van der Waals surface area contributed by atoms with Crippen LogP contribution in [0.15, 0.2) is 11.6 Å². The van der Waals surface area contributed by atoms with Crippen LogP contribution in [0.3, 0.4) is 0 Å². The zero-order valence-corrected chi connectivity index (χ0v) is 10.2. The summed E-state index contributed by atoms with van der Waals surface area (Å²) in [5.41, 5.74) is -0.543. The SMILES string of the molecule is COCCNCC(=O)N1CC=C(C(F)(F)F)CC1. The van der Waals surface area contributed by atoms with Gasteiger partial charge >= 0.3 is 6.18 Å². The molecule has 0 saturated heterocycles. The monoisotopic (exact) mass is 266 g/mol. The number of ether oxygens (including phenoxy) is 1. The van der Waals surface area contributed by atoms with E-state index in [1.54, 1.807) is 7.11 Å². The Kier molecular flexibility index (Phi) is 5.61. The Morgan fingerprint density at radius 2 is 2.28 bits per heavy atom. The second kappa shape index (κ2) is 6.75. The van der Waals surface area contributed by atoms with Gasteiger partial charge in [-0.2, -0.15) is 13.2 Å². The molecular formula is C11H17F3N2O2. The van der Waals surface area contributed by atoms with Crippen LogP contribution in [0.5, 0.6) is 0 Å². The van der Waals surface area contributed by atoms with Crippen LogP contribution in [-0.2, 0) is 9.53 Å². The molecule has 18 heavy (non-hydrogen) atoms. The topological polar surface area (TPSA) is 41.6 Å². The van der Waals surface area contributed by atoms with Gasteiger partial charge in [0.1, 0.15) is 0 Å². The molecule has 1 aliphatic rings. The maximum atomic E-state index is 12.4. The van der Waals surface area contributed by atoms with E-state index >= 15 is 0 Å². The summed E-state index contributed by atoms with van der Waals surface area (Å²) in [5.74, 6) is -0.191. The number of halogens is 3. The molecule has 0 aromatic carbocycles. The number of carbonyl (C=O) groups is 1. The van der Waals surface area contributed by atoms with Gasteiger partial charge in [-0.3, -0.25) is 4.79 Å². The van der Waals surface area contributed by atoms with Gasteiger partial charge in [0.15, 0.2) is 0 Å². The van der Waals surface area contributed by atoms with Crippen LogP contribution in [0.1, 0.15) is 6.42 Å². The maximum Gasteiger partial charge on any atom is 0.412 e. The molecule has 1 amide bonds. The lowest BCUT2D eigenvalue weighted by Gasteiger charge is -2.27. The molecule has 0 aromatic heterocycles. The molecule has 0 saturated carbocycles. The van der Waals surface area contributed by atoms with Crippen molar-refractivity contribution in [2.75, 3.05) is 39.9 Å². The summed E-state index contributed by atoms with van der Waals surface area (Å²) in [4.78, 5) is 13.0. The smallest absolute Gasteiger partial charge is 0.383 e. The first-order valence-electron chi connectivity index (χ1n) is 5.69. The molecule has 1 rings (SSSR count). The quantitative estimate of drug-likeness (QED) is 0.595. The molecule has 7 heteroatoms. The van der Waals surface area contributed by atoms with Gasteiger partial charge in [0, 0.05) is 32.3 Å². The van der Waals surface area contributed by atoms with E-state index in [9.17, 15) is 18.0 Å². The Labute approximate surface area is 104 Å². The molecule has 0 atom stereocenters. The van der Waals surface area contributed by atoms with Crippen LogP contribution in [-0.4, -0.2) is 56.9 Å². The fourth-order valence-electron chi connectivity index (χ4n) is 1.63. The van der Waals surface area contributed by atoms with E-state index in [2.05, 4.69) is 5.32 Å². The Hall–Kier alpha value is -1.08. The predicted octanol–water partition coefficient (Wildman–Crippen LogP) is 0.943. The number of methoxy groups -OCH3 is 1. The minimum atomic E-state index is -4.27. The van der Waals surface area contributed by atoms with Gasteiger partial charge in [-0.15, -0.1) is 0 Å². The van der Waals surface area contributed by atoms with Crippen LogP contribution in [0, 0.1) is 0 Å². The minimum Gasteiger partial charge on any atom is -0.383 e. The van der Waals surface area contributed by atoms with Crippen LogP contribution >= 0.6 is 0 Å². The zero-order chi connectivity index (χ0) is 13.6. The summed E-state index contributed by atoms with van der Waals surface area (Å²) in [6.07, 6.45) is -3.32. The third-order valence-corrected chi connectivity index (χ3v) is 2.69. The molecular weight excluding hydrogens is 249 g/mol. The van der Waals surface area contributed by atoms with Gasteiger partial charge < -0.3 is 15.0 Å². The van der Waals surface area contributed by atoms with E-state index in [1.807, 2.05) is 0 Å². The predicted molar refractivity (Wildman–Crippen MR) is 60.1 cm³/mol. The molecule has 0 bridgehead atoms. The minimum absolute atomic E-state index is 0.0274. The lowest BCUT2D eigenvalue weighted by atomic mass is 10.1. The number of hydrogen-bond donors (Lipinski definition) is 1. The van der Waals surface area contributed by atoms with Gasteiger partial charge in [-0.25, -0.2) is 0 Å². The zero-order valence-electron chi connectivity index (χ0n) is 10.2. The van der Waals surface area contributed by atoms with Crippen LogP contribution < -0.4 is 5.32 Å². The summed E-state index contributed by atoms with van der Waals surface area (Å²) in [5, 5.41) is 2.87. The van der Waals surface area contributed by atoms with Crippen molar-refractivity contribution in [3.63, 3.8) is 0 Å². The highest BCUT2D eigenvalue weighted by atomic mass is 19.4. The van der Waals surface area contributed by atoms with Gasteiger partial charge in [-0.1, -0.05) is 6.08 Å². The second-order valence-electron chi connectivity index (χ2n) is 3.99. The highest BCUT2D eigenvalue weighted by Crippen LogP contribution is 2.29. The second-order valence-corrected chi connectivity index (χ2v) is 3.99. The first-order valence-corrected chi connectivity index (χ1v) is 5.69. The number of alkyl halides is 3. The first kappa shape index (κ1) is 15.0. The van der Waals surface area contributed by atoms with Crippen LogP contribution in [0.2, 0.25) is 0 Å². The van der Waals surface area contributed by atoms with E-state index in [0.717, 1.165) is 6.08 Å². The fourth-order valence-corrected chi connectivity index (χ4v) is 1.63. The normalized spacial score (nSPS) is 16.7.